The molecule has 3 rings (SSSR count). The van der Waals surface area contributed by atoms with E-state index in [2.05, 4.69) is 28.8 Å². The molecule has 0 saturated carbocycles. The molecule has 2 N–H and O–H groups in total. The van der Waals surface area contributed by atoms with Crippen LogP contribution in [0.25, 0.3) is 10.8 Å². The average Bonchev–Trinajstić information content (AvgIpc) is 2.73. The average molecular weight is 440 g/mol. The summed E-state index contributed by atoms with van der Waals surface area (Å²) in [7, 11) is 3.24. The number of anilines is 1. The molecule has 3 aromatic rings. The number of hydrogen-bond acceptors (Lipinski definition) is 4. The SMILES string of the molecule is COc1ccc(Cl)cc1NC(=O)CN(C)CC(=O)NC(C)c1ccc2ccccc2c1. The second-order valence-corrected chi connectivity index (χ2v) is 7.90. The maximum absolute atomic E-state index is 12.5. The van der Waals surface area contributed by atoms with Crippen molar-refractivity contribution < 1.29 is 14.3 Å². The molecule has 0 fully saturated rings. The topological polar surface area (TPSA) is 70.7 Å². The molecule has 0 saturated heterocycles. The lowest BCUT2D eigenvalue weighted by molar-refractivity contribution is -0.123. The summed E-state index contributed by atoms with van der Waals surface area (Å²) in [4.78, 5) is 26.5. The molecule has 0 aliphatic heterocycles. The number of likely N-dealkylation sites (N-methyl/N-ethyl adjacent to an activating group) is 1. The highest BCUT2D eigenvalue weighted by molar-refractivity contribution is 6.31. The molecule has 2 amide bonds. The number of nitrogens with one attached hydrogen (secondary N) is 2. The third-order valence-corrected chi connectivity index (χ3v) is 5.15. The lowest BCUT2D eigenvalue weighted by atomic mass is 10.0. The molecular weight excluding hydrogens is 414 g/mol. The van der Waals surface area contributed by atoms with Gasteiger partial charge in [0.1, 0.15) is 5.75 Å². The first-order valence-electron chi connectivity index (χ1n) is 9.95. The number of benzene rings is 3. The molecule has 0 aromatic heterocycles. The first-order chi connectivity index (χ1) is 14.9. The zero-order valence-corrected chi connectivity index (χ0v) is 18.6. The second kappa shape index (κ2) is 10.3. The van der Waals surface area contributed by atoms with Gasteiger partial charge in [-0.2, -0.15) is 0 Å². The summed E-state index contributed by atoms with van der Waals surface area (Å²) in [6, 6.07) is 19.1. The number of halogens is 1. The Labute approximate surface area is 187 Å². The maximum Gasteiger partial charge on any atom is 0.238 e. The Balaban J connectivity index is 1.52. The highest BCUT2D eigenvalue weighted by Gasteiger charge is 2.15. The first-order valence-corrected chi connectivity index (χ1v) is 10.3. The van der Waals surface area contributed by atoms with E-state index in [1.807, 2.05) is 31.2 Å². The van der Waals surface area contributed by atoms with Gasteiger partial charge in [0.2, 0.25) is 11.8 Å². The zero-order chi connectivity index (χ0) is 22.4. The lowest BCUT2D eigenvalue weighted by Crippen LogP contribution is -2.39. The summed E-state index contributed by atoms with van der Waals surface area (Å²) in [5.41, 5.74) is 1.52. The van der Waals surface area contributed by atoms with Crippen LogP contribution in [0.2, 0.25) is 5.02 Å². The predicted molar refractivity (Wildman–Crippen MR) is 125 cm³/mol. The van der Waals surface area contributed by atoms with Crippen LogP contribution in [0, 0.1) is 0 Å². The Bertz CT molecular complexity index is 1090. The summed E-state index contributed by atoms with van der Waals surface area (Å²) in [6.45, 7) is 2.09. The van der Waals surface area contributed by atoms with E-state index >= 15 is 0 Å². The van der Waals surface area contributed by atoms with Crippen molar-refractivity contribution in [2.75, 3.05) is 32.6 Å². The molecular formula is C24H26ClN3O3. The molecule has 3 aromatic carbocycles. The van der Waals surface area contributed by atoms with Gasteiger partial charge in [-0.1, -0.05) is 48.0 Å². The van der Waals surface area contributed by atoms with E-state index in [9.17, 15) is 9.59 Å². The van der Waals surface area contributed by atoms with Crippen LogP contribution < -0.4 is 15.4 Å². The van der Waals surface area contributed by atoms with Crippen LogP contribution in [-0.2, 0) is 9.59 Å². The van der Waals surface area contributed by atoms with Crippen molar-refractivity contribution in [3.8, 4) is 5.75 Å². The van der Waals surface area contributed by atoms with Gasteiger partial charge in [-0.05, 0) is 54.6 Å². The molecule has 0 radical (unpaired) electrons. The number of methoxy groups -OCH3 is 1. The summed E-state index contributed by atoms with van der Waals surface area (Å²) < 4.78 is 5.23. The highest BCUT2D eigenvalue weighted by atomic mass is 35.5. The second-order valence-electron chi connectivity index (χ2n) is 7.46. The van der Waals surface area contributed by atoms with Gasteiger partial charge in [-0.15, -0.1) is 0 Å². The number of hydrogen-bond donors (Lipinski definition) is 2. The molecule has 0 spiro atoms. The molecule has 0 aliphatic carbocycles. The summed E-state index contributed by atoms with van der Waals surface area (Å²) in [5, 5.41) is 8.54. The molecule has 0 heterocycles. The van der Waals surface area contributed by atoms with E-state index in [1.54, 1.807) is 30.1 Å². The van der Waals surface area contributed by atoms with Crippen LogP contribution in [0.5, 0.6) is 5.75 Å². The van der Waals surface area contributed by atoms with Gasteiger partial charge in [-0.3, -0.25) is 14.5 Å². The molecule has 0 aliphatic rings. The largest absolute Gasteiger partial charge is 0.495 e. The first kappa shape index (κ1) is 22.6. The van der Waals surface area contributed by atoms with Crippen LogP contribution in [0.3, 0.4) is 0 Å². The Morgan fingerprint density at radius 2 is 1.71 bits per heavy atom. The molecule has 1 atom stereocenters. The molecule has 7 heteroatoms. The van der Waals surface area contributed by atoms with Gasteiger partial charge in [0.15, 0.2) is 0 Å². The normalized spacial score (nSPS) is 11.9. The van der Waals surface area contributed by atoms with Gasteiger partial charge < -0.3 is 15.4 Å². The number of ether oxygens (including phenoxy) is 1. The van der Waals surface area contributed by atoms with Crippen LogP contribution in [-0.4, -0.2) is 44.0 Å². The van der Waals surface area contributed by atoms with Crippen molar-refractivity contribution in [1.82, 2.24) is 10.2 Å². The van der Waals surface area contributed by atoms with Crippen molar-refractivity contribution in [3.05, 3.63) is 71.2 Å². The Hall–Kier alpha value is -3.09. The third-order valence-electron chi connectivity index (χ3n) is 4.91. The summed E-state index contributed by atoms with van der Waals surface area (Å²) >= 11 is 5.99. The van der Waals surface area contributed by atoms with E-state index in [-0.39, 0.29) is 30.9 Å². The van der Waals surface area contributed by atoms with Gasteiger partial charge in [-0.25, -0.2) is 0 Å². The van der Waals surface area contributed by atoms with Crippen molar-refractivity contribution in [2.45, 2.75) is 13.0 Å². The van der Waals surface area contributed by atoms with Crippen LogP contribution in [0.1, 0.15) is 18.5 Å². The number of fused-ring (bicyclic) bond motifs is 1. The number of carbonyl (C=O) groups excluding carboxylic acids is 2. The van der Waals surface area contributed by atoms with Crippen LogP contribution in [0.15, 0.2) is 60.7 Å². The number of amides is 2. The van der Waals surface area contributed by atoms with E-state index in [0.29, 0.717) is 16.5 Å². The van der Waals surface area contributed by atoms with Crippen LogP contribution >= 0.6 is 11.6 Å². The Kier molecular flexibility index (Phi) is 7.50. The van der Waals surface area contributed by atoms with E-state index in [0.717, 1.165) is 16.3 Å². The molecule has 162 valence electrons. The molecule has 0 bridgehead atoms. The fourth-order valence-corrected chi connectivity index (χ4v) is 3.53. The smallest absolute Gasteiger partial charge is 0.238 e. The fraction of sp³-hybridized carbons (Fsp3) is 0.250. The summed E-state index contributed by atoms with van der Waals surface area (Å²) in [6.07, 6.45) is 0. The lowest BCUT2D eigenvalue weighted by Gasteiger charge is -2.19. The van der Waals surface area contributed by atoms with Crippen molar-refractivity contribution in [3.63, 3.8) is 0 Å². The standard InChI is InChI=1S/C24H26ClN3O3/c1-16(18-9-8-17-6-4-5-7-19(17)12-18)26-23(29)14-28(2)15-24(30)27-21-13-20(25)10-11-22(21)31-3/h4-13,16H,14-15H2,1-3H3,(H,26,29)(H,27,30). The molecule has 6 nitrogen and oxygen atoms in total. The zero-order valence-electron chi connectivity index (χ0n) is 17.8. The van der Waals surface area contributed by atoms with E-state index in [4.69, 9.17) is 16.3 Å². The van der Waals surface area contributed by atoms with Crippen molar-refractivity contribution >= 4 is 39.9 Å². The third kappa shape index (κ3) is 6.20. The minimum Gasteiger partial charge on any atom is -0.495 e. The quantitative estimate of drug-likeness (QED) is 0.550. The Morgan fingerprint density at radius 1 is 1.00 bits per heavy atom. The van der Waals surface area contributed by atoms with Crippen LogP contribution in [0.4, 0.5) is 5.69 Å². The van der Waals surface area contributed by atoms with Gasteiger partial charge in [0.25, 0.3) is 0 Å². The number of nitrogens with zero attached hydrogens (tertiary/aromatic N) is 1. The van der Waals surface area contributed by atoms with Crippen molar-refractivity contribution in [1.29, 1.82) is 0 Å². The fourth-order valence-electron chi connectivity index (χ4n) is 3.36. The van der Waals surface area contributed by atoms with Gasteiger partial charge >= 0.3 is 0 Å². The van der Waals surface area contributed by atoms with Crippen molar-refractivity contribution in [2.24, 2.45) is 0 Å². The number of rotatable bonds is 8. The maximum atomic E-state index is 12.5. The monoisotopic (exact) mass is 439 g/mol. The molecule has 31 heavy (non-hydrogen) atoms. The minimum atomic E-state index is -0.265. The highest BCUT2D eigenvalue weighted by Crippen LogP contribution is 2.27. The molecule has 1 unspecified atom stereocenters. The minimum absolute atomic E-state index is 0.0491. The Morgan fingerprint density at radius 3 is 2.45 bits per heavy atom. The summed E-state index contributed by atoms with van der Waals surface area (Å²) in [5.74, 6) is 0.0945. The number of carbonyl (C=O) groups is 2. The van der Waals surface area contributed by atoms with Gasteiger partial charge in [0, 0.05) is 5.02 Å². The predicted octanol–water partition coefficient (Wildman–Crippen LogP) is 4.25. The van der Waals surface area contributed by atoms with E-state index in [1.165, 1.54) is 7.11 Å². The van der Waals surface area contributed by atoms with E-state index < -0.39 is 0 Å². The van der Waals surface area contributed by atoms with Gasteiger partial charge in [0.05, 0.1) is 31.9 Å².